The fraction of sp³-hybridized carbons (Fsp3) is 0.440. The number of hydrogen-bond acceptors (Lipinski definition) is 4. The smallest absolute Gasteiger partial charge is 0.191 e. The normalized spacial score (nSPS) is 14.8. The summed E-state index contributed by atoms with van der Waals surface area (Å²) >= 11 is 0. The van der Waals surface area contributed by atoms with Crippen LogP contribution in [0.2, 0.25) is 0 Å². The van der Waals surface area contributed by atoms with Gasteiger partial charge in [-0.15, -0.1) is 24.0 Å². The van der Waals surface area contributed by atoms with Crippen molar-refractivity contribution in [2.24, 2.45) is 4.99 Å². The number of benzene rings is 1. The van der Waals surface area contributed by atoms with Crippen molar-refractivity contribution in [3.05, 3.63) is 60.4 Å². The molecule has 1 aliphatic heterocycles. The monoisotopic (exact) mass is 561 g/mol. The van der Waals surface area contributed by atoms with Crippen molar-refractivity contribution >= 4 is 46.7 Å². The number of nitrogens with zero attached hydrogens (tertiary/aromatic N) is 5. The first-order chi connectivity index (χ1) is 15.8. The quantitative estimate of drug-likeness (QED) is 0.191. The van der Waals surface area contributed by atoms with E-state index >= 15 is 0 Å². The van der Waals surface area contributed by atoms with Gasteiger partial charge in [-0.1, -0.05) is 31.2 Å². The van der Waals surface area contributed by atoms with Gasteiger partial charge in [-0.2, -0.15) is 0 Å². The molecule has 0 saturated carbocycles. The number of pyridine rings is 1. The minimum atomic E-state index is 0. The molecule has 2 N–H and O–H groups in total. The van der Waals surface area contributed by atoms with Gasteiger partial charge >= 0.3 is 0 Å². The Morgan fingerprint density at radius 1 is 1.03 bits per heavy atom. The summed E-state index contributed by atoms with van der Waals surface area (Å²) in [4.78, 5) is 13.9. The van der Waals surface area contributed by atoms with Crippen LogP contribution in [0.5, 0.6) is 0 Å². The lowest BCUT2D eigenvalue weighted by Gasteiger charge is -2.34. The van der Waals surface area contributed by atoms with Gasteiger partial charge in [0.1, 0.15) is 5.82 Å². The van der Waals surface area contributed by atoms with Gasteiger partial charge in [-0.05, 0) is 42.1 Å². The highest BCUT2D eigenvalue weighted by Gasteiger charge is 2.16. The molecule has 4 rings (SSSR count). The lowest BCUT2D eigenvalue weighted by Crippen LogP contribution is -2.46. The van der Waals surface area contributed by atoms with E-state index in [1.165, 1.54) is 10.9 Å². The molecular formula is C25H36IN7. The van der Waals surface area contributed by atoms with E-state index < -0.39 is 0 Å². The number of anilines is 1. The first-order valence-electron chi connectivity index (χ1n) is 11.7. The van der Waals surface area contributed by atoms with E-state index in [2.05, 4.69) is 85.6 Å². The van der Waals surface area contributed by atoms with E-state index in [9.17, 15) is 0 Å². The zero-order chi connectivity index (χ0) is 22.2. The molecular weight excluding hydrogens is 525 g/mol. The summed E-state index contributed by atoms with van der Waals surface area (Å²) in [5.41, 5.74) is 2.45. The fourth-order valence-corrected chi connectivity index (χ4v) is 4.20. The van der Waals surface area contributed by atoms with Crippen LogP contribution in [-0.2, 0) is 13.1 Å². The maximum absolute atomic E-state index is 4.69. The Kier molecular flexibility index (Phi) is 9.80. The number of halogens is 1. The molecule has 3 heterocycles. The number of aromatic nitrogens is 2. The molecule has 33 heavy (non-hydrogen) atoms. The van der Waals surface area contributed by atoms with Crippen LogP contribution in [0.25, 0.3) is 10.9 Å². The van der Waals surface area contributed by atoms with Crippen molar-refractivity contribution in [1.29, 1.82) is 0 Å². The van der Waals surface area contributed by atoms with E-state index in [0.29, 0.717) is 6.54 Å². The SMILES string of the molecule is CCN1CCN(c2ccc(CNC(=NC)NCCCn3ccc4ccccc43)cn2)CC1.I. The number of aryl methyl sites for hydroxylation is 1. The Morgan fingerprint density at radius 3 is 2.58 bits per heavy atom. The van der Waals surface area contributed by atoms with Crippen LogP contribution in [0.4, 0.5) is 5.82 Å². The minimum absolute atomic E-state index is 0. The van der Waals surface area contributed by atoms with Gasteiger partial charge in [0.05, 0.1) is 0 Å². The maximum Gasteiger partial charge on any atom is 0.191 e. The number of nitrogens with one attached hydrogen (secondary N) is 2. The summed E-state index contributed by atoms with van der Waals surface area (Å²) in [7, 11) is 1.81. The Bertz CT molecular complexity index is 1010. The summed E-state index contributed by atoms with van der Waals surface area (Å²) < 4.78 is 2.31. The van der Waals surface area contributed by atoms with Gasteiger partial charge in [-0.3, -0.25) is 4.99 Å². The molecule has 1 saturated heterocycles. The van der Waals surface area contributed by atoms with Crippen molar-refractivity contribution < 1.29 is 0 Å². The van der Waals surface area contributed by atoms with Crippen LogP contribution in [-0.4, -0.2) is 66.7 Å². The van der Waals surface area contributed by atoms with E-state index in [1.54, 1.807) is 0 Å². The highest BCUT2D eigenvalue weighted by atomic mass is 127. The molecule has 0 radical (unpaired) electrons. The van der Waals surface area contributed by atoms with Crippen LogP contribution in [0.1, 0.15) is 18.9 Å². The highest BCUT2D eigenvalue weighted by Crippen LogP contribution is 2.15. The molecule has 178 valence electrons. The molecule has 0 unspecified atom stereocenters. The van der Waals surface area contributed by atoms with Crippen molar-refractivity contribution in [3.63, 3.8) is 0 Å². The molecule has 0 atom stereocenters. The van der Waals surface area contributed by atoms with Crippen LogP contribution >= 0.6 is 24.0 Å². The van der Waals surface area contributed by atoms with Crippen molar-refractivity contribution in [2.45, 2.75) is 26.4 Å². The Labute approximate surface area is 214 Å². The van der Waals surface area contributed by atoms with Crippen molar-refractivity contribution in [3.8, 4) is 0 Å². The van der Waals surface area contributed by atoms with Gasteiger partial charge in [-0.25, -0.2) is 4.98 Å². The van der Waals surface area contributed by atoms with Crippen molar-refractivity contribution in [2.75, 3.05) is 51.2 Å². The van der Waals surface area contributed by atoms with Gasteiger partial charge in [0.15, 0.2) is 5.96 Å². The third kappa shape index (κ3) is 6.83. The molecule has 1 aromatic carbocycles. The largest absolute Gasteiger partial charge is 0.356 e. The topological polar surface area (TPSA) is 60.7 Å². The van der Waals surface area contributed by atoms with E-state index in [4.69, 9.17) is 4.98 Å². The number of likely N-dealkylation sites (N-methyl/N-ethyl adjacent to an activating group) is 1. The van der Waals surface area contributed by atoms with Crippen LogP contribution in [0.15, 0.2) is 59.9 Å². The van der Waals surface area contributed by atoms with Crippen LogP contribution in [0, 0.1) is 0 Å². The second-order valence-corrected chi connectivity index (χ2v) is 8.22. The zero-order valence-corrected chi connectivity index (χ0v) is 22.0. The molecule has 3 aromatic rings. The molecule has 0 bridgehead atoms. The Balaban J connectivity index is 0.00000306. The molecule has 1 aliphatic rings. The molecule has 0 spiro atoms. The second-order valence-electron chi connectivity index (χ2n) is 8.22. The third-order valence-electron chi connectivity index (χ3n) is 6.18. The predicted octanol–water partition coefficient (Wildman–Crippen LogP) is 3.55. The van der Waals surface area contributed by atoms with Crippen LogP contribution < -0.4 is 15.5 Å². The fourth-order valence-electron chi connectivity index (χ4n) is 4.20. The average Bonchev–Trinajstić information content (AvgIpc) is 3.27. The number of hydrogen-bond donors (Lipinski definition) is 2. The van der Waals surface area contributed by atoms with Gasteiger partial charge < -0.3 is 25.0 Å². The van der Waals surface area contributed by atoms with Gasteiger partial charge in [0.25, 0.3) is 0 Å². The molecule has 8 heteroatoms. The lowest BCUT2D eigenvalue weighted by molar-refractivity contribution is 0.270. The minimum Gasteiger partial charge on any atom is -0.356 e. The van der Waals surface area contributed by atoms with E-state index in [0.717, 1.165) is 69.6 Å². The summed E-state index contributed by atoms with van der Waals surface area (Å²) in [6.45, 7) is 10.2. The van der Waals surface area contributed by atoms with Gasteiger partial charge in [0.2, 0.25) is 0 Å². The number of para-hydroxylation sites is 1. The summed E-state index contributed by atoms with van der Waals surface area (Å²) in [5.74, 6) is 1.90. The van der Waals surface area contributed by atoms with E-state index in [-0.39, 0.29) is 24.0 Å². The first-order valence-corrected chi connectivity index (χ1v) is 11.7. The zero-order valence-electron chi connectivity index (χ0n) is 19.7. The summed E-state index contributed by atoms with van der Waals surface area (Å²) in [5, 5.41) is 8.10. The molecule has 1 fully saturated rings. The molecule has 2 aromatic heterocycles. The maximum atomic E-state index is 4.69. The number of fused-ring (bicyclic) bond motifs is 1. The second kappa shape index (κ2) is 12.8. The number of guanidine groups is 1. The standard InChI is InChI=1S/C25H35N7.HI/c1-3-30-15-17-32(18-16-30)24-10-9-21(19-28-24)20-29-25(26-2)27-12-6-13-31-14-11-22-7-4-5-8-23(22)31;/h4-5,7-11,14,19H,3,6,12-13,15-18,20H2,1-2H3,(H2,26,27,29);1H. The molecule has 0 aliphatic carbocycles. The lowest BCUT2D eigenvalue weighted by atomic mass is 10.2. The van der Waals surface area contributed by atoms with Crippen LogP contribution in [0.3, 0.4) is 0 Å². The molecule has 7 nitrogen and oxygen atoms in total. The number of rotatable bonds is 8. The summed E-state index contributed by atoms with van der Waals surface area (Å²) in [6, 6.07) is 15.0. The average molecular weight is 562 g/mol. The Hall–Kier alpha value is -2.33. The first kappa shape index (κ1) is 25.3. The third-order valence-corrected chi connectivity index (χ3v) is 6.18. The summed E-state index contributed by atoms with van der Waals surface area (Å²) in [6.07, 6.45) is 5.16. The molecule has 0 amide bonds. The Morgan fingerprint density at radius 2 is 1.85 bits per heavy atom. The number of aliphatic imine (C=N–C) groups is 1. The van der Waals surface area contributed by atoms with E-state index in [1.807, 2.05) is 13.2 Å². The number of piperazine rings is 1. The van der Waals surface area contributed by atoms with Gasteiger partial charge in [0, 0.05) is 70.8 Å². The van der Waals surface area contributed by atoms with Crippen molar-refractivity contribution in [1.82, 2.24) is 25.1 Å². The predicted molar refractivity (Wildman–Crippen MR) is 149 cm³/mol. The highest BCUT2D eigenvalue weighted by molar-refractivity contribution is 14.0.